The van der Waals surface area contributed by atoms with Gasteiger partial charge in [0, 0.05) is 45.9 Å². The monoisotopic (exact) mass is 828 g/mol. The van der Waals surface area contributed by atoms with Gasteiger partial charge in [0.05, 0.1) is 24.7 Å². The van der Waals surface area contributed by atoms with Crippen LogP contribution in [0.4, 0.5) is 0 Å². The van der Waals surface area contributed by atoms with E-state index in [1.165, 1.54) is 14.2 Å². The van der Waals surface area contributed by atoms with E-state index in [-0.39, 0.29) is 43.0 Å². The summed E-state index contributed by atoms with van der Waals surface area (Å²) in [5.41, 5.74) is 8.63. The maximum Gasteiger partial charge on any atom is 1.00 e. The number of hydrogen-bond donors (Lipinski definition) is 2. The van der Waals surface area contributed by atoms with Gasteiger partial charge in [-0.15, -0.1) is 0 Å². The Hall–Kier alpha value is -5.23. The number of amides is 3. The van der Waals surface area contributed by atoms with Gasteiger partial charge in [-0.1, -0.05) is 121 Å². The molecule has 296 valence electrons. The third kappa shape index (κ3) is 20.5. The summed E-state index contributed by atoms with van der Waals surface area (Å²) in [6, 6.07) is 37.5. The standard InChI is InChI=1S/C20H19NO5S.C15H15NO2S.C5H5ClO3.CH3.Li/c1-26-19(24)13-12-17(22)21-18(23)14-27(25)20(15-8-4-2-5-9-15)16-10-6-3-7-11-16;16-14(17)11-19(18)15(12-7-3-1-4-8-12)13-9-5-2-6-10-13;1-9-5(8)3-2-4(6)7;;/h2-13,20H,14H2,1H3,(H,21,22,23);1-10,15H,11H2,(H2,16,17);2-3H,1H3;1H3;/q;;;-1;+1/b13-12+;;3-2+;;. The fourth-order valence-corrected chi connectivity index (χ4v) is 7.42. The number of primary amides is 1. The Kier molecular flexibility index (Phi) is 26.4. The molecule has 4 aromatic rings. The van der Waals surface area contributed by atoms with Gasteiger partial charge in [-0.25, -0.2) is 9.59 Å². The maximum absolute atomic E-state index is 12.9. The first-order valence-corrected chi connectivity index (χ1v) is 19.3. The summed E-state index contributed by atoms with van der Waals surface area (Å²) in [6.07, 6.45) is 3.66. The molecule has 0 aliphatic heterocycles. The van der Waals surface area contributed by atoms with Crippen molar-refractivity contribution in [3.63, 3.8) is 0 Å². The Bertz CT molecular complexity index is 1910. The van der Waals surface area contributed by atoms with Crippen molar-refractivity contribution in [2.24, 2.45) is 5.73 Å². The van der Waals surface area contributed by atoms with Gasteiger partial charge in [0.15, 0.2) is 0 Å². The molecule has 2 unspecified atom stereocenters. The van der Waals surface area contributed by atoms with Crippen LogP contribution >= 0.6 is 11.6 Å². The number of carbonyl (C=O) groups is 6. The third-order valence-corrected chi connectivity index (χ3v) is 10.3. The van der Waals surface area contributed by atoms with Gasteiger partial charge in [-0.2, -0.15) is 0 Å². The van der Waals surface area contributed by atoms with Crippen LogP contribution in [0.25, 0.3) is 0 Å². The molecule has 0 bridgehead atoms. The number of rotatable bonds is 14. The van der Waals surface area contributed by atoms with Crippen molar-refractivity contribution in [1.82, 2.24) is 5.32 Å². The number of benzene rings is 4. The van der Waals surface area contributed by atoms with Crippen LogP contribution in [0.5, 0.6) is 0 Å². The quantitative estimate of drug-likeness (QED) is 0.0624. The van der Waals surface area contributed by atoms with Crippen molar-refractivity contribution in [2.75, 3.05) is 25.7 Å². The largest absolute Gasteiger partial charge is 1.00 e. The molecule has 3 N–H and O–H groups in total. The number of methoxy groups -OCH3 is 2. The summed E-state index contributed by atoms with van der Waals surface area (Å²) in [7, 11) is -0.579. The van der Waals surface area contributed by atoms with Crippen LogP contribution < -0.4 is 29.9 Å². The minimum Gasteiger partial charge on any atom is -0.466 e. The molecule has 0 aliphatic rings. The van der Waals surface area contributed by atoms with Crippen molar-refractivity contribution in [1.29, 1.82) is 0 Å². The molecule has 3 amide bonds. The Morgan fingerprint density at radius 1 is 0.596 bits per heavy atom. The zero-order valence-electron chi connectivity index (χ0n) is 31.8. The Balaban J connectivity index is 0.000000911. The number of imide groups is 1. The average molecular weight is 829 g/mol. The molecule has 4 rings (SSSR count). The number of carbonyl (C=O) groups excluding carboxylic acids is 6. The summed E-state index contributed by atoms with van der Waals surface area (Å²) < 4.78 is 33.8. The van der Waals surface area contributed by atoms with Crippen LogP contribution in [0.2, 0.25) is 0 Å². The SMILES string of the molecule is COC(=O)/C=C/C(=O)Cl.COC(=O)/C=C/C(=O)NC(=O)CS(=O)C(c1ccccc1)c1ccccc1.NC(=O)CS(=O)C(c1ccccc1)c1ccccc1.[CH3-].[Li+]. The number of halogens is 1. The van der Waals surface area contributed by atoms with E-state index in [0.29, 0.717) is 0 Å². The zero-order valence-corrected chi connectivity index (χ0v) is 34.2. The van der Waals surface area contributed by atoms with Gasteiger partial charge in [0.2, 0.25) is 17.1 Å². The summed E-state index contributed by atoms with van der Waals surface area (Å²) in [5.74, 6) is -3.81. The van der Waals surface area contributed by atoms with Crippen molar-refractivity contribution in [3.8, 4) is 0 Å². The zero-order chi connectivity index (χ0) is 40.6. The molecule has 0 saturated heterocycles. The van der Waals surface area contributed by atoms with E-state index in [1.807, 2.05) is 121 Å². The van der Waals surface area contributed by atoms with Crippen molar-refractivity contribution in [3.05, 3.63) is 175 Å². The smallest absolute Gasteiger partial charge is 0.466 e. The maximum atomic E-state index is 12.9. The topological polar surface area (TPSA) is 193 Å². The van der Waals surface area contributed by atoms with E-state index in [0.717, 1.165) is 46.6 Å². The number of ether oxygens (including phenoxy) is 2. The molecular formula is C41H42ClLiN2O10S2. The van der Waals surface area contributed by atoms with Gasteiger partial charge in [0.25, 0.3) is 5.91 Å². The van der Waals surface area contributed by atoms with E-state index in [4.69, 9.17) is 17.3 Å². The Labute approximate surface area is 354 Å². The van der Waals surface area contributed by atoms with E-state index in [9.17, 15) is 37.2 Å². The molecule has 0 radical (unpaired) electrons. The number of esters is 2. The average Bonchev–Trinajstić information content (AvgIpc) is 3.18. The van der Waals surface area contributed by atoms with Gasteiger partial charge >= 0.3 is 30.8 Å². The van der Waals surface area contributed by atoms with Crippen LogP contribution in [0.15, 0.2) is 146 Å². The van der Waals surface area contributed by atoms with Crippen molar-refractivity contribution in [2.45, 2.75) is 10.5 Å². The van der Waals surface area contributed by atoms with Gasteiger partial charge in [0.1, 0.15) is 11.5 Å². The minimum absolute atomic E-state index is 0. The predicted octanol–water partition coefficient (Wildman–Crippen LogP) is 1.84. The number of nitrogens with one attached hydrogen (secondary N) is 1. The predicted molar refractivity (Wildman–Crippen MR) is 217 cm³/mol. The molecule has 0 aliphatic carbocycles. The minimum atomic E-state index is -1.60. The number of hydrogen-bond acceptors (Lipinski definition) is 10. The first-order chi connectivity index (χ1) is 26.4. The molecule has 12 nitrogen and oxygen atoms in total. The van der Waals surface area contributed by atoms with E-state index in [2.05, 4.69) is 14.8 Å². The second kappa shape index (κ2) is 29.1. The second-order valence-corrected chi connectivity index (χ2v) is 14.3. The van der Waals surface area contributed by atoms with Crippen LogP contribution in [-0.4, -0.2) is 69.0 Å². The molecule has 0 fully saturated rings. The molecule has 0 aromatic heterocycles. The summed E-state index contributed by atoms with van der Waals surface area (Å²) in [6.45, 7) is 0. The van der Waals surface area contributed by atoms with Crippen LogP contribution in [0.3, 0.4) is 0 Å². The molecule has 0 saturated carbocycles. The Morgan fingerprint density at radius 3 is 1.21 bits per heavy atom. The number of nitrogens with two attached hydrogens (primary N) is 1. The van der Waals surface area contributed by atoms with Gasteiger partial charge in [-0.3, -0.25) is 32.9 Å². The summed E-state index contributed by atoms with van der Waals surface area (Å²) in [4.78, 5) is 65.8. The van der Waals surface area contributed by atoms with Crippen LogP contribution in [0.1, 0.15) is 32.8 Å². The molecule has 16 heteroatoms. The van der Waals surface area contributed by atoms with E-state index < -0.39 is 61.8 Å². The van der Waals surface area contributed by atoms with E-state index in [1.54, 1.807) is 0 Å². The molecule has 57 heavy (non-hydrogen) atoms. The van der Waals surface area contributed by atoms with Crippen LogP contribution in [0, 0.1) is 7.43 Å². The molecule has 4 aromatic carbocycles. The second-order valence-electron chi connectivity index (χ2n) is 10.8. The summed E-state index contributed by atoms with van der Waals surface area (Å²) >= 11 is 4.85. The fourth-order valence-electron chi connectivity index (χ4n) is 4.57. The number of allylic oxidation sites excluding steroid dienone is 1. The molecule has 2 atom stereocenters. The van der Waals surface area contributed by atoms with Crippen LogP contribution in [-0.2, 0) is 59.8 Å². The first kappa shape index (κ1) is 51.8. The first-order valence-electron chi connectivity index (χ1n) is 16.1. The Morgan fingerprint density at radius 2 is 0.912 bits per heavy atom. The summed E-state index contributed by atoms with van der Waals surface area (Å²) in [5, 5.41) is 0.563. The van der Waals surface area contributed by atoms with Gasteiger partial charge in [-0.05, 0) is 33.9 Å². The van der Waals surface area contributed by atoms with E-state index >= 15 is 0 Å². The molecule has 0 heterocycles. The van der Waals surface area contributed by atoms with Gasteiger partial charge < -0.3 is 22.6 Å². The molecule has 0 spiro atoms. The van der Waals surface area contributed by atoms with Crippen molar-refractivity contribution >= 4 is 68.1 Å². The molecular weight excluding hydrogens is 787 g/mol. The third-order valence-electron chi connectivity index (χ3n) is 6.88. The fraction of sp³-hybridized carbons (Fsp3) is 0.146. The van der Waals surface area contributed by atoms with Crippen molar-refractivity contribution < 1.29 is 65.5 Å². The normalized spacial score (nSPS) is 11.2.